The van der Waals surface area contributed by atoms with Crippen molar-refractivity contribution in [3.05, 3.63) is 62.6 Å². The number of pyridine rings is 1. The lowest BCUT2D eigenvalue weighted by atomic mass is 10.2. The lowest BCUT2D eigenvalue weighted by Crippen LogP contribution is -2.35. The third-order valence-corrected chi connectivity index (χ3v) is 4.04. The molecule has 0 bridgehead atoms. The van der Waals surface area contributed by atoms with Gasteiger partial charge in [-0.25, -0.2) is 0 Å². The maximum absolute atomic E-state index is 12.6. The van der Waals surface area contributed by atoms with Crippen LogP contribution in [0.15, 0.2) is 41.3 Å². The van der Waals surface area contributed by atoms with Crippen molar-refractivity contribution in [1.29, 1.82) is 0 Å². The Bertz CT molecular complexity index is 893. The van der Waals surface area contributed by atoms with Gasteiger partial charge in [-0.05, 0) is 24.6 Å². The third-order valence-electron chi connectivity index (χ3n) is 4.04. The first-order chi connectivity index (χ1) is 12.9. The van der Waals surface area contributed by atoms with Crippen LogP contribution in [0.4, 0.5) is 5.69 Å². The van der Waals surface area contributed by atoms with E-state index in [1.165, 1.54) is 14.2 Å². The van der Waals surface area contributed by atoms with E-state index in [0.29, 0.717) is 24.6 Å². The van der Waals surface area contributed by atoms with Gasteiger partial charge in [0.05, 0.1) is 25.3 Å². The van der Waals surface area contributed by atoms with Crippen LogP contribution >= 0.6 is 0 Å². The van der Waals surface area contributed by atoms with E-state index in [9.17, 15) is 19.7 Å². The number of rotatable bonds is 8. The summed E-state index contributed by atoms with van der Waals surface area (Å²) >= 11 is 0. The van der Waals surface area contributed by atoms with Gasteiger partial charge in [0.1, 0.15) is 6.54 Å². The molecule has 144 valence electrons. The fourth-order valence-corrected chi connectivity index (χ4v) is 2.57. The molecule has 0 unspecified atom stereocenters. The SMILES string of the molecule is CCN(Cc1ccc(OC)c(OC)c1)C(=O)Cn1cc([N+](=O)[O-])ccc1=O. The van der Waals surface area contributed by atoms with Crippen LogP contribution < -0.4 is 15.0 Å². The second-order valence-corrected chi connectivity index (χ2v) is 5.71. The Balaban J connectivity index is 2.18. The quantitative estimate of drug-likeness (QED) is 0.515. The Morgan fingerprint density at radius 3 is 2.48 bits per heavy atom. The van der Waals surface area contributed by atoms with Crippen molar-refractivity contribution in [2.45, 2.75) is 20.0 Å². The summed E-state index contributed by atoms with van der Waals surface area (Å²) in [6.45, 7) is 2.26. The van der Waals surface area contributed by atoms with Crippen LogP contribution in [-0.4, -0.2) is 41.1 Å². The Labute approximate surface area is 155 Å². The van der Waals surface area contributed by atoms with E-state index < -0.39 is 10.5 Å². The summed E-state index contributed by atoms with van der Waals surface area (Å²) in [6, 6.07) is 7.53. The number of likely N-dealkylation sites (N-methyl/N-ethyl adjacent to an activating group) is 1. The summed E-state index contributed by atoms with van der Waals surface area (Å²) in [4.78, 5) is 36.3. The Hall–Kier alpha value is -3.36. The molecule has 9 nitrogen and oxygen atoms in total. The first-order valence-corrected chi connectivity index (χ1v) is 8.23. The number of hydrogen-bond donors (Lipinski definition) is 0. The van der Waals surface area contributed by atoms with Crippen molar-refractivity contribution in [1.82, 2.24) is 9.47 Å². The normalized spacial score (nSPS) is 10.3. The highest BCUT2D eigenvalue weighted by Gasteiger charge is 2.16. The summed E-state index contributed by atoms with van der Waals surface area (Å²) in [6.07, 6.45) is 1.07. The Morgan fingerprint density at radius 1 is 1.19 bits per heavy atom. The second kappa shape index (κ2) is 8.84. The molecular weight excluding hydrogens is 354 g/mol. The topological polar surface area (TPSA) is 104 Å². The predicted octanol–water partition coefficient (Wildman–Crippen LogP) is 1.82. The van der Waals surface area contributed by atoms with Gasteiger partial charge in [-0.2, -0.15) is 0 Å². The standard InChI is InChI=1S/C18H21N3O6/c1-4-19(10-13-5-7-15(26-2)16(9-13)27-3)18(23)12-20-11-14(21(24)25)6-8-17(20)22/h5-9,11H,4,10,12H2,1-3H3. The van der Waals surface area contributed by atoms with Gasteiger partial charge < -0.3 is 14.4 Å². The molecule has 0 aliphatic carbocycles. The highest BCUT2D eigenvalue weighted by Crippen LogP contribution is 2.28. The summed E-state index contributed by atoms with van der Waals surface area (Å²) in [7, 11) is 3.06. The van der Waals surface area contributed by atoms with Crippen LogP contribution in [0.25, 0.3) is 0 Å². The van der Waals surface area contributed by atoms with Crippen molar-refractivity contribution < 1.29 is 19.2 Å². The molecule has 2 rings (SSSR count). The molecule has 0 radical (unpaired) electrons. The van der Waals surface area contributed by atoms with E-state index in [4.69, 9.17) is 9.47 Å². The summed E-state index contributed by atoms with van der Waals surface area (Å²) in [5.74, 6) is 0.807. The zero-order chi connectivity index (χ0) is 20.0. The number of nitro groups is 1. The molecule has 0 aliphatic heterocycles. The minimum Gasteiger partial charge on any atom is -0.493 e. The van der Waals surface area contributed by atoms with Crippen molar-refractivity contribution in [3.63, 3.8) is 0 Å². The van der Waals surface area contributed by atoms with E-state index in [1.807, 2.05) is 13.0 Å². The van der Waals surface area contributed by atoms with Crippen molar-refractivity contribution in [2.24, 2.45) is 0 Å². The average molecular weight is 375 g/mol. The second-order valence-electron chi connectivity index (χ2n) is 5.71. The third kappa shape index (κ3) is 4.84. The molecule has 9 heteroatoms. The lowest BCUT2D eigenvalue weighted by Gasteiger charge is -2.22. The highest BCUT2D eigenvalue weighted by atomic mass is 16.6. The maximum Gasteiger partial charge on any atom is 0.285 e. The molecular formula is C18H21N3O6. The highest BCUT2D eigenvalue weighted by molar-refractivity contribution is 5.76. The maximum atomic E-state index is 12.6. The van der Waals surface area contributed by atoms with Crippen molar-refractivity contribution in [2.75, 3.05) is 20.8 Å². The predicted molar refractivity (Wildman–Crippen MR) is 98.0 cm³/mol. The van der Waals surface area contributed by atoms with Gasteiger partial charge in [-0.1, -0.05) is 6.07 Å². The van der Waals surface area contributed by atoms with Crippen molar-refractivity contribution >= 4 is 11.6 Å². The van der Waals surface area contributed by atoms with Crippen LogP contribution in [0.3, 0.4) is 0 Å². The molecule has 2 aromatic rings. The Kier molecular flexibility index (Phi) is 6.53. The van der Waals surface area contributed by atoms with Gasteiger partial charge in [0.2, 0.25) is 5.91 Å². The van der Waals surface area contributed by atoms with E-state index >= 15 is 0 Å². The van der Waals surface area contributed by atoms with Crippen LogP contribution in [0.1, 0.15) is 12.5 Å². The monoisotopic (exact) mass is 375 g/mol. The molecule has 0 fully saturated rings. The number of methoxy groups -OCH3 is 2. The lowest BCUT2D eigenvalue weighted by molar-refractivity contribution is -0.385. The zero-order valence-corrected chi connectivity index (χ0v) is 15.4. The molecule has 0 saturated heterocycles. The minimum absolute atomic E-state index is 0.245. The number of carbonyl (C=O) groups excluding carboxylic acids is 1. The number of ether oxygens (including phenoxy) is 2. The van der Waals surface area contributed by atoms with E-state index in [0.717, 1.165) is 28.5 Å². The number of nitrogens with zero attached hydrogens (tertiary/aromatic N) is 3. The van der Waals surface area contributed by atoms with Gasteiger partial charge >= 0.3 is 0 Å². The van der Waals surface area contributed by atoms with Gasteiger partial charge in [0.25, 0.3) is 11.2 Å². The summed E-state index contributed by atoms with van der Waals surface area (Å²) in [5, 5.41) is 10.9. The number of aromatic nitrogens is 1. The average Bonchev–Trinajstić information content (AvgIpc) is 2.67. The first-order valence-electron chi connectivity index (χ1n) is 8.23. The summed E-state index contributed by atoms with van der Waals surface area (Å²) < 4.78 is 11.5. The largest absolute Gasteiger partial charge is 0.493 e. The number of carbonyl (C=O) groups is 1. The van der Waals surface area contributed by atoms with E-state index in [1.54, 1.807) is 17.0 Å². The molecule has 0 atom stereocenters. The molecule has 0 aliphatic rings. The van der Waals surface area contributed by atoms with Gasteiger partial charge in [0, 0.05) is 25.2 Å². The molecule has 1 aromatic heterocycles. The van der Waals surface area contributed by atoms with Crippen LogP contribution in [-0.2, 0) is 17.9 Å². The minimum atomic E-state index is -0.609. The zero-order valence-electron chi connectivity index (χ0n) is 15.4. The van der Waals surface area contributed by atoms with Gasteiger partial charge in [-0.3, -0.25) is 24.3 Å². The molecule has 0 saturated carbocycles. The number of benzene rings is 1. The fourth-order valence-electron chi connectivity index (χ4n) is 2.57. The molecule has 27 heavy (non-hydrogen) atoms. The van der Waals surface area contributed by atoms with Crippen LogP contribution in [0.2, 0.25) is 0 Å². The number of hydrogen-bond acceptors (Lipinski definition) is 6. The molecule has 0 spiro atoms. The molecule has 1 heterocycles. The van der Waals surface area contributed by atoms with E-state index in [-0.39, 0.29) is 18.1 Å². The van der Waals surface area contributed by atoms with Crippen LogP contribution in [0, 0.1) is 10.1 Å². The first kappa shape index (κ1) is 20.0. The van der Waals surface area contributed by atoms with Gasteiger partial charge in [-0.15, -0.1) is 0 Å². The smallest absolute Gasteiger partial charge is 0.285 e. The molecule has 1 aromatic carbocycles. The Morgan fingerprint density at radius 2 is 1.89 bits per heavy atom. The molecule has 0 N–H and O–H groups in total. The van der Waals surface area contributed by atoms with Gasteiger partial charge in [0.15, 0.2) is 11.5 Å². The van der Waals surface area contributed by atoms with Crippen LogP contribution in [0.5, 0.6) is 11.5 Å². The van der Waals surface area contributed by atoms with E-state index in [2.05, 4.69) is 0 Å². The number of amides is 1. The fraction of sp³-hybridized carbons (Fsp3) is 0.333. The molecule has 1 amide bonds. The van der Waals surface area contributed by atoms with Crippen molar-refractivity contribution in [3.8, 4) is 11.5 Å². The summed E-state index contributed by atoms with van der Waals surface area (Å²) in [5.41, 5.74) is 0.107.